The number of amides is 1. The van der Waals surface area contributed by atoms with E-state index in [0.29, 0.717) is 4.90 Å². The van der Waals surface area contributed by atoms with E-state index in [1.807, 2.05) is 0 Å². The summed E-state index contributed by atoms with van der Waals surface area (Å²) in [7, 11) is 0. The van der Waals surface area contributed by atoms with Crippen LogP contribution in [-0.2, 0) is 4.79 Å². The molecule has 80 valence electrons. The summed E-state index contributed by atoms with van der Waals surface area (Å²) in [4.78, 5) is 11.6. The topological polar surface area (TPSA) is 40.5 Å². The average Bonchev–Trinajstić information content (AvgIpc) is 2.20. The maximum absolute atomic E-state index is 12.0. The molecule has 0 aliphatic carbocycles. The Morgan fingerprint density at radius 2 is 1.93 bits per heavy atom. The molecule has 0 aromatic heterocycles. The highest BCUT2D eigenvalue weighted by Gasteiger charge is 2.41. The van der Waals surface area contributed by atoms with Gasteiger partial charge in [0.15, 0.2) is 6.23 Å². The van der Waals surface area contributed by atoms with E-state index in [4.69, 9.17) is 0 Å². The predicted molar refractivity (Wildman–Crippen MR) is 42.1 cm³/mol. The van der Waals surface area contributed by atoms with E-state index in [0.717, 1.165) is 0 Å². The van der Waals surface area contributed by atoms with Gasteiger partial charge < -0.3 is 10.0 Å². The van der Waals surface area contributed by atoms with Crippen molar-refractivity contribution in [3.05, 3.63) is 11.1 Å². The Hall–Kier alpha value is -1.04. The van der Waals surface area contributed by atoms with Crippen LogP contribution in [0.2, 0.25) is 0 Å². The molecule has 3 nitrogen and oxygen atoms in total. The molecule has 1 heterocycles. The van der Waals surface area contributed by atoms with Crippen LogP contribution >= 0.6 is 0 Å². The average molecular weight is 209 g/mol. The summed E-state index contributed by atoms with van der Waals surface area (Å²) in [5.41, 5.74) is 0.459. The molecule has 1 aliphatic heterocycles. The van der Waals surface area contributed by atoms with E-state index in [-0.39, 0.29) is 11.1 Å². The highest BCUT2D eigenvalue weighted by Crippen LogP contribution is 2.27. The predicted octanol–water partition coefficient (Wildman–Crippen LogP) is 1.05. The first-order valence-corrected chi connectivity index (χ1v) is 3.97. The Morgan fingerprint density at radius 1 is 1.43 bits per heavy atom. The van der Waals surface area contributed by atoms with Crippen molar-refractivity contribution < 1.29 is 23.1 Å². The van der Waals surface area contributed by atoms with E-state index in [1.165, 1.54) is 13.8 Å². The monoisotopic (exact) mass is 209 g/mol. The molecule has 0 saturated carbocycles. The molecule has 0 radical (unpaired) electrons. The number of carbonyl (C=O) groups is 1. The van der Waals surface area contributed by atoms with Crippen LogP contribution in [0.3, 0.4) is 0 Å². The van der Waals surface area contributed by atoms with E-state index < -0.39 is 24.9 Å². The second-order valence-electron chi connectivity index (χ2n) is 3.23. The fraction of sp³-hybridized carbons (Fsp3) is 0.625. The first-order valence-electron chi connectivity index (χ1n) is 3.97. The van der Waals surface area contributed by atoms with Gasteiger partial charge in [-0.1, -0.05) is 0 Å². The maximum atomic E-state index is 12.0. The molecular formula is C8H10F3NO2. The lowest BCUT2D eigenvalue weighted by Crippen LogP contribution is -2.42. The molecule has 0 aromatic carbocycles. The Bertz CT molecular complexity index is 295. The molecule has 0 spiro atoms. The van der Waals surface area contributed by atoms with Gasteiger partial charge in [-0.3, -0.25) is 4.79 Å². The van der Waals surface area contributed by atoms with E-state index in [1.54, 1.807) is 0 Å². The lowest BCUT2D eigenvalue weighted by molar-refractivity contribution is -0.169. The normalized spacial score (nSPS) is 23.7. The number of carbonyl (C=O) groups excluding carboxylic acids is 1. The second kappa shape index (κ2) is 3.27. The van der Waals surface area contributed by atoms with Crippen LogP contribution in [0.5, 0.6) is 0 Å². The van der Waals surface area contributed by atoms with Gasteiger partial charge in [0.2, 0.25) is 0 Å². The molecule has 1 amide bonds. The van der Waals surface area contributed by atoms with Crippen LogP contribution in [0.1, 0.15) is 13.8 Å². The van der Waals surface area contributed by atoms with Gasteiger partial charge in [0.25, 0.3) is 5.91 Å². The van der Waals surface area contributed by atoms with E-state index in [9.17, 15) is 23.1 Å². The molecule has 1 rings (SSSR count). The lowest BCUT2D eigenvalue weighted by Gasteiger charge is -2.23. The van der Waals surface area contributed by atoms with Crippen molar-refractivity contribution in [1.82, 2.24) is 4.90 Å². The third-order valence-corrected chi connectivity index (χ3v) is 2.21. The molecule has 1 atom stereocenters. The first-order chi connectivity index (χ1) is 6.24. The molecule has 1 N–H and O–H groups in total. The summed E-state index contributed by atoms with van der Waals surface area (Å²) in [6.07, 6.45) is -5.93. The van der Waals surface area contributed by atoms with Crippen LogP contribution < -0.4 is 0 Å². The molecule has 0 saturated heterocycles. The van der Waals surface area contributed by atoms with Crippen LogP contribution in [-0.4, -0.2) is 34.9 Å². The number of nitrogens with zero attached hydrogens (tertiary/aromatic N) is 1. The number of halogens is 3. The van der Waals surface area contributed by atoms with Gasteiger partial charge in [0.05, 0.1) is 0 Å². The highest BCUT2D eigenvalue weighted by molar-refractivity contribution is 5.96. The zero-order valence-corrected chi connectivity index (χ0v) is 7.72. The van der Waals surface area contributed by atoms with E-state index >= 15 is 0 Å². The summed E-state index contributed by atoms with van der Waals surface area (Å²) in [5.74, 6) is -0.757. The molecule has 0 aromatic rings. The van der Waals surface area contributed by atoms with Gasteiger partial charge in [-0.15, -0.1) is 0 Å². The third-order valence-electron chi connectivity index (χ3n) is 2.21. The van der Waals surface area contributed by atoms with E-state index in [2.05, 4.69) is 0 Å². The SMILES string of the molecule is CC1=C(C)C(O)N(CC(F)(F)F)C1=O. The van der Waals surface area contributed by atoms with Crippen molar-refractivity contribution >= 4 is 5.91 Å². The van der Waals surface area contributed by atoms with Crippen LogP contribution in [0.25, 0.3) is 0 Å². The number of alkyl halides is 3. The fourth-order valence-corrected chi connectivity index (χ4v) is 1.27. The largest absolute Gasteiger partial charge is 0.406 e. The van der Waals surface area contributed by atoms with Crippen LogP contribution in [0, 0.1) is 0 Å². The fourth-order valence-electron chi connectivity index (χ4n) is 1.27. The quantitative estimate of drug-likeness (QED) is 0.701. The van der Waals surface area contributed by atoms with Crippen molar-refractivity contribution in [2.45, 2.75) is 26.3 Å². The second-order valence-corrected chi connectivity index (χ2v) is 3.23. The summed E-state index contributed by atoms with van der Waals surface area (Å²) < 4.78 is 36.0. The zero-order chi connectivity index (χ0) is 11.1. The number of hydrogen-bond acceptors (Lipinski definition) is 2. The van der Waals surface area contributed by atoms with Gasteiger partial charge in [-0.2, -0.15) is 13.2 Å². The van der Waals surface area contributed by atoms with Gasteiger partial charge >= 0.3 is 6.18 Å². The minimum atomic E-state index is -4.48. The summed E-state index contributed by atoms with van der Waals surface area (Å²) in [6, 6.07) is 0. The highest BCUT2D eigenvalue weighted by atomic mass is 19.4. The molecule has 6 heteroatoms. The van der Waals surface area contributed by atoms with Gasteiger partial charge in [-0.05, 0) is 19.4 Å². The molecule has 1 aliphatic rings. The van der Waals surface area contributed by atoms with Crippen LogP contribution in [0.4, 0.5) is 13.2 Å². The minimum absolute atomic E-state index is 0.182. The van der Waals surface area contributed by atoms with Gasteiger partial charge in [-0.25, -0.2) is 0 Å². The Morgan fingerprint density at radius 3 is 2.21 bits per heavy atom. The molecular weight excluding hydrogens is 199 g/mol. The number of aliphatic hydroxyl groups excluding tert-OH is 1. The Kier molecular flexibility index (Phi) is 2.58. The van der Waals surface area contributed by atoms with Gasteiger partial charge in [0.1, 0.15) is 6.54 Å². The standard InChI is InChI=1S/C8H10F3NO2/c1-4-5(2)7(14)12(6(4)13)3-8(9,10)11/h6,13H,3H2,1-2H3. The maximum Gasteiger partial charge on any atom is 0.406 e. The first kappa shape index (κ1) is 11.0. The number of rotatable bonds is 1. The molecule has 0 bridgehead atoms. The van der Waals surface area contributed by atoms with Crippen molar-refractivity contribution in [2.24, 2.45) is 0 Å². The number of hydrogen-bond donors (Lipinski definition) is 1. The van der Waals surface area contributed by atoms with Crippen molar-refractivity contribution in [3.63, 3.8) is 0 Å². The summed E-state index contributed by atoms with van der Waals surface area (Å²) >= 11 is 0. The smallest absolute Gasteiger partial charge is 0.369 e. The summed E-state index contributed by atoms with van der Waals surface area (Å²) in [6.45, 7) is 1.42. The third kappa shape index (κ3) is 1.89. The number of aliphatic hydroxyl groups is 1. The summed E-state index contributed by atoms with van der Waals surface area (Å²) in [5, 5.41) is 9.31. The molecule has 0 fully saturated rings. The van der Waals surface area contributed by atoms with Gasteiger partial charge in [0, 0.05) is 5.57 Å². The Labute approximate surface area is 78.8 Å². The molecule has 14 heavy (non-hydrogen) atoms. The van der Waals surface area contributed by atoms with Crippen molar-refractivity contribution in [2.75, 3.05) is 6.54 Å². The lowest BCUT2D eigenvalue weighted by atomic mass is 10.2. The van der Waals surface area contributed by atoms with Crippen molar-refractivity contribution in [3.8, 4) is 0 Å². The van der Waals surface area contributed by atoms with Crippen LogP contribution in [0.15, 0.2) is 11.1 Å². The zero-order valence-electron chi connectivity index (χ0n) is 7.72. The van der Waals surface area contributed by atoms with Crippen molar-refractivity contribution in [1.29, 1.82) is 0 Å². The Balaban J connectivity index is 2.82. The minimum Gasteiger partial charge on any atom is -0.369 e. The molecule has 1 unspecified atom stereocenters.